The number of rotatable bonds is 4. The summed E-state index contributed by atoms with van der Waals surface area (Å²) in [6.45, 7) is 0. The Bertz CT molecular complexity index is 362. The molecule has 9 heteroatoms. The maximum absolute atomic E-state index is 9.88. The summed E-state index contributed by atoms with van der Waals surface area (Å²) in [5.74, 6) is 0.289. The third-order valence-electron chi connectivity index (χ3n) is 2.95. The molecule has 5 atom stereocenters. The highest BCUT2D eigenvalue weighted by Gasteiger charge is 2.48. The second-order valence-electron chi connectivity index (χ2n) is 3.82. The van der Waals surface area contributed by atoms with Crippen LogP contribution in [0.3, 0.4) is 0 Å². The van der Waals surface area contributed by atoms with E-state index in [2.05, 4.69) is 20.6 Å². The average molecular weight is 260 g/mol. The SMILES string of the molecule is CO[C@H]1[C@H](OC)[C@H](OC)C(O)O[C@@H]1c1nn[nH]n1. The first kappa shape index (κ1) is 13.3. The number of H-pyrrole nitrogens is 1. The highest BCUT2D eigenvalue weighted by Crippen LogP contribution is 2.33. The van der Waals surface area contributed by atoms with Gasteiger partial charge in [-0.25, -0.2) is 0 Å². The number of tetrazole rings is 1. The van der Waals surface area contributed by atoms with Gasteiger partial charge in [-0.3, -0.25) is 0 Å². The molecule has 1 aromatic rings. The summed E-state index contributed by atoms with van der Waals surface area (Å²) in [6, 6.07) is 0. The number of aliphatic hydroxyl groups is 1. The maximum atomic E-state index is 9.88. The molecule has 1 aromatic heterocycles. The minimum absolute atomic E-state index is 0.289. The molecule has 0 amide bonds. The van der Waals surface area contributed by atoms with E-state index < -0.39 is 30.7 Å². The standard InChI is InChI=1S/C9H16N4O5/c1-15-4-5(16-2)7(17-3)9(14)18-6(4)8-10-12-13-11-8/h4-7,9,14H,1-3H3,(H,10,11,12,13)/t4-,5-,6-,7-,9?/m0/s1. The van der Waals surface area contributed by atoms with E-state index in [0.29, 0.717) is 0 Å². The van der Waals surface area contributed by atoms with Crippen LogP contribution in [0.4, 0.5) is 0 Å². The normalized spacial score (nSPS) is 36.8. The number of ether oxygens (including phenoxy) is 4. The number of nitrogens with zero attached hydrogens (tertiary/aromatic N) is 3. The highest BCUT2D eigenvalue weighted by molar-refractivity contribution is 4.99. The lowest BCUT2D eigenvalue weighted by molar-refractivity contribution is -0.299. The van der Waals surface area contributed by atoms with Crippen molar-refractivity contribution in [2.24, 2.45) is 0 Å². The minimum Gasteiger partial charge on any atom is -0.376 e. The van der Waals surface area contributed by atoms with Crippen LogP contribution in [0.25, 0.3) is 0 Å². The van der Waals surface area contributed by atoms with E-state index in [4.69, 9.17) is 18.9 Å². The summed E-state index contributed by atoms with van der Waals surface area (Å²) in [6.07, 6.45) is -3.51. The first-order chi connectivity index (χ1) is 8.72. The predicted molar refractivity (Wildman–Crippen MR) is 56.4 cm³/mol. The summed E-state index contributed by atoms with van der Waals surface area (Å²) >= 11 is 0. The van der Waals surface area contributed by atoms with Gasteiger partial charge in [0.2, 0.25) is 5.82 Å². The predicted octanol–water partition coefficient (Wildman–Crippen LogP) is -1.37. The topological polar surface area (TPSA) is 112 Å². The van der Waals surface area contributed by atoms with E-state index >= 15 is 0 Å². The van der Waals surface area contributed by atoms with E-state index in [1.54, 1.807) is 0 Å². The fourth-order valence-electron chi connectivity index (χ4n) is 2.10. The molecule has 0 aromatic carbocycles. The Morgan fingerprint density at radius 3 is 2.28 bits per heavy atom. The van der Waals surface area contributed by atoms with Crippen molar-refractivity contribution in [2.45, 2.75) is 30.7 Å². The van der Waals surface area contributed by atoms with Gasteiger partial charge < -0.3 is 24.1 Å². The molecule has 1 aliphatic heterocycles. The van der Waals surface area contributed by atoms with Gasteiger partial charge in [-0.05, 0) is 0 Å². The van der Waals surface area contributed by atoms with Gasteiger partial charge in [-0.2, -0.15) is 5.21 Å². The Morgan fingerprint density at radius 2 is 1.78 bits per heavy atom. The van der Waals surface area contributed by atoms with Crippen molar-refractivity contribution < 1.29 is 24.1 Å². The molecule has 1 fully saturated rings. The van der Waals surface area contributed by atoms with Crippen LogP contribution in [0.5, 0.6) is 0 Å². The largest absolute Gasteiger partial charge is 0.376 e. The van der Waals surface area contributed by atoms with Crippen LogP contribution in [0, 0.1) is 0 Å². The molecule has 0 spiro atoms. The molecule has 2 N–H and O–H groups in total. The number of aromatic nitrogens is 4. The first-order valence-electron chi connectivity index (χ1n) is 5.38. The molecule has 0 saturated carbocycles. The second-order valence-corrected chi connectivity index (χ2v) is 3.82. The summed E-state index contributed by atoms with van der Waals surface area (Å²) in [4.78, 5) is 0. The quantitative estimate of drug-likeness (QED) is 0.682. The Hall–Kier alpha value is -1.13. The second kappa shape index (κ2) is 5.67. The van der Waals surface area contributed by atoms with Crippen molar-refractivity contribution in [1.29, 1.82) is 0 Å². The third-order valence-corrected chi connectivity index (χ3v) is 2.95. The first-order valence-corrected chi connectivity index (χ1v) is 5.38. The summed E-state index contributed by atoms with van der Waals surface area (Å²) in [5, 5.41) is 23.3. The maximum Gasteiger partial charge on any atom is 0.206 e. The van der Waals surface area contributed by atoms with Crippen LogP contribution in [-0.4, -0.2) is 71.7 Å². The van der Waals surface area contributed by atoms with E-state index in [9.17, 15) is 5.11 Å². The van der Waals surface area contributed by atoms with Gasteiger partial charge in [0.1, 0.15) is 18.3 Å². The highest BCUT2D eigenvalue weighted by atomic mass is 16.7. The Labute approximate surface area is 103 Å². The lowest BCUT2D eigenvalue weighted by atomic mass is 9.98. The van der Waals surface area contributed by atoms with Gasteiger partial charge in [0.15, 0.2) is 12.4 Å². The van der Waals surface area contributed by atoms with Crippen LogP contribution >= 0.6 is 0 Å². The third kappa shape index (κ3) is 2.22. The van der Waals surface area contributed by atoms with Crippen molar-refractivity contribution in [3.8, 4) is 0 Å². The molecule has 2 heterocycles. The molecular formula is C9H16N4O5. The van der Waals surface area contributed by atoms with Crippen molar-refractivity contribution in [2.75, 3.05) is 21.3 Å². The molecular weight excluding hydrogens is 244 g/mol. The molecule has 0 bridgehead atoms. The van der Waals surface area contributed by atoms with Gasteiger partial charge in [-0.1, -0.05) is 5.21 Å². The number of aromatic amines is 1. The fraction of sp³-hybridized carbons (Fsp3) is 0.889. The minimum atomic E-state index is -1.16. The van der Waals surface area contributed by atoms with Gasteiger partial charge in [-0.15, -0.1) is 10.2 Å². The van der Waals surface area contributed by atoms with Gasteiger partial charge in [0.25, 0.3) is 0 Å². The number of aliphatic hydroxyl groups excluding tert-OH is 1. The molecule has 102 valence electrons. The molecule has 1 saturated heterocycles. The Morgan fingerprint density at radius 1 is 1.11 bits per heavy atom. The van der Waals surface area contributed by atoms with Crippen molar-refractivity contribution in [3.05, 3.63) is 5.82 Å². The van der Waals surface area contributed by atoms with E-state index in [1.807, 2.05) is 0 Å². The van der Waals surface area contributed by atoms with Crippen LogP contribution < -0.4 is 0 Å². The molecule has 2 rings (SSSR count). The zero-order valence-corrected chi connectivity index (χ0v) is 10.3. The summed E-state index contributed by atoms with van der Waals surface area (Å²) in [7, 11) is 4.48. The number of hydrogen-bond acceptors (Lipinski definition) is 8. The van der Waals surface area contributed by atoms with E-state index in [1.165, 1.54) is 21.3 Å². The fourth-order valence-corrected chi connectivity index (χ4v) is 2.10. The van der Waals surface area contributed by atoms with Gasteiger partial charge in [0, 0.05) is 21.3 Å². The van der Waals surface area contributed by atoms with Crippen LogP contribution in [0.2, 0.25) is 0 Å². The number of nitrogens with one attached hydrogen (secondary N) is 1. The zero-order valence-electron chi connectivity index (χ0n) is 10.3. The van der Waals surface area contributed by atoms with Crippen LogP contribution in [-0.2, 0) is 18.9 Å². The van der Waals surface area contributed by atoms with Gasteiger partial charge in [0.05, 0.1) is 0 Å². The molecule has 1 unspecified atom stereocenters. The van der Waals surface area contributed by atoms with Crippen molar-refractivity contribution in [3.63, 3.8) is 0 Å². The smallest absolute Gasteiger partial charge is 0.206 e. The van der Waals surface area contributed by atoms with Gasteiger partial charge >= 0.3 is 0 Å². The van der Waals surface area contributed by atoms with E-state index in [0.717, 1.165) is 0 Å². The average Bonchev–Trinajstić information content (AvgIpc) is 2.90. The van der Waals surface area contributed by atoms with Crippen LogP contribution in [0.15, 0.2) is 0 Å². The van der Waals surface area contributed by atoms with Crippen LogP contribution in [0.1, 0.15) is 11.9 Å². The number of hydrogen-bond donors (Lipinski definition) is 2. The monoisotopic (exact) mass is 260 g/mol. The molecule has 1 aliphatic rings. The lowest BCUT2D eigenvalue weighted by Gasteiger charge is -2.41. The zero-order chi connectivity index (χ0) is 13.1. The Kier molecular flexibility index (Phi) is 4.19. The summed E-state index contributed by atoms with van der Waals surface area (Å²) in [5.41, 5.74) is 0. The van der Waals surface area contributed by atoms with Crippen molar-refractivity contribution >= 4 is 0 Å². The lowest BCUT2D eigenvalue weighted by Crippen LogP contribution is -2.56. The molecule has 0 radical (unpaired) electrons. The van der Waals surface area contributed by atoms with E-state index in [-0.39, 0.29) is 5.82 Å². The number of methoxy groups -OCH3 is 3. The molecule has 9 nitrogen and oxygen atoms in total. The molecule has 0 aliphatic carbocycles. The van der Waals surface area contributed by atoms with Crippen molar-refractivity contribution in [1.82, 2.24) is 20.6 Å². The molecule has 18 heavy (non-hydrogen) atoms. The Balaban J connectivity index is 2.26. The summed E-state index contributed by atoms with van der Waals surface area (Å²) < 4.78 is 21.2.